The molecule has 0 radical (unpaired) electrons. The number of anilines is 2. The standard InChI is InChI=1S/C86H166Br2N2/c1-5-9-13-17-21-25-29-33-37-41-45-49-53-57-61-65-69-73-77-89(78-74-70-66-62-58-54-50-46-42-38-34-30-26-22-18-14-10-6-2)85-81-83(87)84(88)82-86(85)90(79-75-71-67-63-59-55-51-47-43-39-35-31-27-23-19-15-11-7-3)80-76-72-68-64-60-56-52-48-44-40-36-32-28-24-20-16-12-8-4/h81-82H,5-80H2,1-4H3. The van der Waals surface area contributed by atoms with Crippen molar-refractivity contribution in [3.8, 4) is 0 Å². The van der Waals surface area contributed by atoms with Crippen LogP contribution in [0.3, 0.4) is 0 Å². The smallest absolute Gasteiger partial charge is 0.0616 e. The predicted octanol–water partition coefficient (Wildman–Crippen LogP) is 33.0. The van der Waals surface area contributed by atoms with Crippen LogP contribution in [0.15, 0.2) is 21.1 Å². The molecule has 0 amide bonds. The lowest BCUT2D eigenvalue weighted by molar-refractivity contribution is 0.520. The summed E-state index contributed by atoms with van der Waals surface area (Å²) in [7, 11) is 0. The first-order valence-corrected chi connectivity index (χ1v) is 44.2. The fraction of sp³-hybridized carbons (Fsp3) is 0.930. The van der Waals surface area contributed by atoms with Crippen LogP contribution in [0.5, 0.6) is 0 Å². The summed E-state index contributed by atoms with van der Waals surface area (Å²) < 4.78 is 2.45. The van der Waals surface area contributed by atoms with Gasteiger partial charge in [0.1, 0.15) is 0 Å². The Hall–Kier alpha value is -0.220. The first kappa shape index (κ1) is 87.8. The van der Waals surface area contributed by atoms with E-state index in [0.29, 0.717) is 0 Å². The minimum Gasteiger partial charge on any atom is -0.370 e. The highest BCUT2D eigenvalue weighted by Gasteiger charge is 2.19. The molecule has 0 aliphatic carbocycles. The number of benzene rings is 1. The number of hydrogen-bond donors (Lipinski definition) is 0. The Bertz CT molecular complexity index is 1310. The third-order valence-corrected chi connectivity index (χ3v) is 22.7. The molecule has 0 aliphatic rings. The quantitative estimate of drug-likeness (QED) is 0.0600. The third kappa shape index (κ3) is 61.4. The Morgan fingerprint density at radius 1 is 0.167 bits per heavy atom. The van der Waals surface area contributed by atoms with E-state index >= 15 is 0 Å². The Morgan fingerprint density at radius 3 is 0.378 bits per heavy atom. The highest BCUT2D eigenvalue weighted by atomic mass is 79.9. The van der Waals surface area contributed by atoms with Crippen LogP contribution in [0.1, 0.15) is 490 Å². The van der Waals surface area contributed by atoms with Crippen LogP contribution in [0, 0.1) is 0 Å². The van der Waals surface area contributed by atoms with Crippen LogP contribution in [0.4, 0.5) is 11.4 Å². The molecule has 0 N–H and O–H groups in total. The Morgan fingerprint density at radius 2 is 0.267 bits per heavy atom. The Labute approximate surface area is 586 Å². The van der Waals surface area contributed by atoms with E-state index in [9.17, 15) is 0 Å². The topological polar surface area (TPSA) is 6.48 Å². The molecule has 90 heavy (non-hydrogen) atoms. The van der Waals surface area contributed by atoms with Gasteiger partial charge >= 0.3 is 0 Å². The van der Waals surface area contributed by atoms with Crippen LogP contribution < -0.4 is 9.80 Å². The Balaban J connectivity index is 2.85. The van der Waals surface area contributed by atoms with E-state index < -0.39 is 0 Å². The number of hydrogen-bond acceptors (Lipinski definition) is 2. The van der Waals surface area contributed by atoms with E-state index in [1.54, 1.807) is 0 Å². The van der Waals surface area contributed by atoms with Crippen molar-refractivity contribution in [3.63, 3.8) is 0 Å². The normalized spacial score (nSPS) is 11.7. The van der Waals surface area contributed by atoms with Gasteiger partial charge in [-0.1, -0.05) is 464 Å². The van der Waals surface area contributed by atoms with Crippen LogP contribution >= 0.6 is 31.9 Å². The van der Waals surface area contributed by atoms with Crippen LogP contribution in [0.2, 0.25) is 0 Å². The maximum atomic E-state index is 4.08. The zero-order chi connectivity index (χ0) is 64.6. The summed E-state index contributed by atoms with van der Waals surface area (Å²) in [6.45, 7) is 14.1. The van der Waals surface area contributed by atoms with Gasteiger partial charge in [-0.3, -0.25) is 0 Å². The summed E-state index contributed by atoms with van der Waals surface area (Å²) in [5, 5.41) is 0. The lowest BCUT2D eigenvalue weighted by Gasteiger charge is -2.34. The Kier molecular flexibility index (Phi) is 72.7. The second-order valence-corrected chi connectivity index (χ2v) is 31.5. The van der Waals surface area contributed by atoms with Crippen molar-refractivity contribution in [2.75, 3.05) is 36.0 Å². The van der Waals surface area contributed by atoms with E-state index in [1.165, 1.54) is 509 Å². The molecule has 1 rings (SSSR count). The third-order valence-electron chi connectivity index (χ3n) is 20.8. The van der Waals surface area contributed by atoms with Crippen molar-refractivity contribution in [3.05, 3.63) is 21.1 Å². The van der Waals surface area contributed by atoms with E-state index in [-0.39, 0.29) is 0 Å². The van der Waals surface area contributed by atoms with Gasteiger partial charge in [0, 0.05) is 35.1 Å². The molecule has 0 fully saturated rings. The van der Waals surface area contributed by atoms with Gasteiger partial charge in [0.2, 0.25) is 0 Å². The largest absolute Gasteiger partial charge is 0.370 e. The average molecular weight is 1390 g/mol. The van der Waals surface area contributed by atoms with Gasteiger partial charge in [0.25, 0.3) is 0 Å². The predicted molar refractivity (Wildman–Crippen MR) is 421 cm³/mol. The zero-order valence-electron chi connectivity index (χ0n) is 62.5. The van der Waals surface area contributed by atoms with Crippen LogP contribution in [-0.4, -0.2) is 26.2 Å². The first-order valence-electron chi connectivity index (χ1n) is 42.6. The molecule has 0 aliphatic heterocycles. The van der Waals surface area contributed by atoms with Crippen LogP contribution in [0.25, 0.3) is 0 Å². The molecule has 0 saturated heterocycles. The lowest BCUT2D eigenvalue weighted by Crippen LogP contribution is -2.31. The van der Waals surface area contributed by atoms with Crippen LogP contribution in [-0.2, 0) is 0 Å². The van der Waals surface area contributed by atoms with Gasteiger partial charge in [-0.05, 0) is 69.7 Å². The minimum absolute atomic E-state index is 1.20. The average Bonchev–Trinajstić information content (AvgIpc) is 2.09. The molecule has 0 heterocycles. The fourth-order valence-corrected chi connectivity index (χ4v) is 15.2. The lowest BCUT2D eigenvalue weighted by atomic mass is 10.0. The summed E-state index contributed by atoms with van der Waals surface area (Å²) >= 11 is 8.15. The molecule has 1 aromatic rings. The van der Waals surface area contributed by atoms with Crippen molar-refractivity contribution >= 4 is 43.2 Å². The number of rotatable bonds is 78. The molecule has 0 bridgehead atoms. The zero-order valence-corrected chi connectivity index (χ0v) is 65.7. The molecule has 0 unspecified atom stereocenters. The number of nitrogens with zero attached hydrogens (tertiary/aromatic N) is 2. The summed E-state index contributed by atoms with van der Waals surface area (Å²) in [6.07, 6.45) is 104. The van der Waals surface area contributed by atoms with Gasteiger partial charge in [0.05, 0.1) is 11.4 Å². The van der Waals surface area contributed by atoms with Crippen molar-refractivity contribution in [1.29, 1.82) is 0 Å². The van der Waals surface area contributed by atoms with Crippen molar-refractivity contribution < 1.29 is 0 Å². The summed E-state index contributed by atoms with van der Waals surface area (Å²) in [5.74, 6) is 0. The van der Waals surface area contributed by atoms with E-state index in [4.69, 9.17) is 0 Å². The van der Waals surface area contributed by atoms with Crippen molar-refractivity contribution in [2.24, 2.45) is 0 Å². The molecule has 0 aromatic heterocycles. The van der Waals surface area contributed by atoms with Gasteiger partial charge in [-0.2, -0.15) is 0 Å². The first-order chi connectivity index (χ1) is 44.6. The molecule has 534 valence electrons. The SMILES string of the molecule is CCCCCCCCCCCCCCCCCCCCN(CCCCCCCCCCCCCCCCCCCC)c1cc(Br)c(Br)cc1N(CCCCCCCCCCCCCCCCCCCC)CCCCCCCCCCCCCCCCCCCC. The minimum atomic E-state index is 1.20. The van der Waals surface area contributed by atoms with Crippen molar-refractivity contribution in [1.82, 2.24) is 0 Å². The fourth-order valence-electron chi connectivity index (χ4n) is 14.6. The molecule has 4 heteroatoms. The highest BCUT2D eigenvalue weighted by molar-refractivity contribution is 9.13. The van der Waals surface area contributed by atoms with Gasteiger partial charge in [-0.25, -0.2) is 0 Å². The second kappa shape index (κ2) is 74.6. The van der Waals surface area contributed by atoms with Gasteiger partial charge in [0.15, 0.2) is 0 Å². The molecular formula is C86H166Br2N2. The van der Waals surface area contributed by atoms with Crippen molar-refractivity contribution in [2.45, 2.75) is 490 Å². The maximum Gasteiger partial charge on any atom is 0.0616 e. The molecule has 2 nitrogen and oxygen atoms in total. The van der Waals surface area contributed by atoms with Gasteiger partial charge < -0.3 is 9.80 Å². The molecular weight excluding hydrogens is 1220 g/mol. The summed E-state index contributed by atoms with van der Waals surface area (Å²) in [5.41, 5.74) is 3.02. The molecule has 0 spiro atoms. The summed E-state index contributed by atoms with van der Waals surface area (Å²) in [4.78, 5) is 5.76. The maximum absolute atomic E-state index is 4.08. The summed E-state index contributed by atoms with van der Waals surface area (Å²) in [6, 6.07) is 5.06. The van der Waals surface area contributed by atoms with E-state index in [2.05, 4.69) is 81.5 Å². The van der Waals surface area contributed by atoms with Gasteiger partial charge in [-0.15, -0.1) is 0 Å². The molecule has 0 atom stereocenters. The monoisotopic (exact) mass is 1390 g/mol. The number of unbranched alkanes of at least 4 members (excludes halogenated alkanes) is 68. The highest BCUT2D eigenvalue weighted by Crippen LogP contribution is 2.39. The number of halogens is 2. The molecule has 1 aromatic carbocycles. The van der Waals surface area contributed by atoms with E-state index in [0.717, 1.165) is 0 Å². The second-order valence-electron chi connectivity index (χ2n) is 29.8. The van der Waals surface area contributed by atoms with E-state index in [1.807, 2.05) is 0 Å². The molecule has 0 saturated carbocycles.